The van der Waals surface area contributed by atoms with Gasteiger partial charge >= 0.3 is 0 Å². The maximum atomic E-state index is 12.0. The van der Waals surface area contributed by atoms with E-state index in [0.717, 1.165) is 12.0 Å². The topological polar surface area (TPSA) is 77.3 Å². The van der Waals surface area contributed by atoms with Crippen molar-refractivity contribution < 1.29 is 14.5 Å². The SMILES string of the molecule is O=C1C(=O)c2cc([N+](=O)[O-])ccc2C2=C1C=CCC2. The molecule has 94 valence electrons. The predicted molar refractivity (Wildman–Crippen MR) is 67.7 cm³/mol. The van der Waals surface area contributed by atoms with Crippen LogP contribution in [0.25, 0.3) is 5.57 Å². The zero-order valence-corrected chi connectivity index (χ0v) is 9.88. The number of fused-ring (bicyclic) bond motifs is 2. The molecule has 5 nitrogen and oxygen atoms in total. The van der Waals surface area contributed by atoms with Gasteiger partial charge in [0.25, 0.3) is 5.69 Å². The van der Waals surface area contributed by atoms with Crippen LogP contribution < -0.4 is 0 Å². The monoisotopic (exact) mass is 255 g/mol. The van der Waals surface area contributed by atoms with Gasteiger partial charge in [0, 0.05) is 23.3 Å². The highest BCUT2D eigenvalue weighted by atomic mass is 16.6. The average molecular weight is 255 g/mol. The summed E-state index contributed by atoms with van der Waals surface area (Å²) in [4.78, 5) is 34.2. The highest BCUT2D eigenvalue weighted by Gasteiger charge is 2.33. The summed E-state index contributed by atoms with van der Waals surface area (Å²) in [6.07, 6.45) is 5.01. The third-order valence-corrected chi connectivity index (χ3v) is 3.41. The predicted octanol–water partition coefficient (Wildman–Crippen LogP) is 2.46. The standard InChI is InChI=1S/C14H9NO4/c16-13-11-4-2-1-3-9(11)10-6-5-8(15(18)19)7-12(10)14(13)17/h2,4-7H,1,3H2. The number of Topliss-reactive ketones (excluding diaryl/α,β-unsaturated/α-hetero) is 2. The van der Waals surface area contributed by atoms with Crippen molar-refractivity contribution >= 4 is 22.8 Å². The number of ketones is 2. The number of nitrogens with zero attached hydrogens (tertiary/aromatic N) is 1. The van der Waals surface area contributed by atoms with Crippen LogP contribution in [0, 0.1) is 10.1 Å². The van der Waals surface area contributed by atoms with E-state index in [2.05, 4.69) is 0 Å². The van der Waals surface area contributed by atoms with Crippen LogP contribution in [0.15, 0.2) is 35.9 Å². The maximum Gasteiger partial charge on any atom is 0.270 e. The van der Waals surface area contributed by atoms with Gasteiger partial charge in [-0.25, -0.2) is 0 Å². The normalized spacial score (nSPS) is 17.3. The van der Waals surface area contributed by atoms with E-state index < -0.39 is 16.5 Å². The summed E-state index contributed by atoms with van der Waals surface area (Å²) >= 11 is 0. The molecule has 0 bridgehead atoms. The smallest absolute Gasteiger partial charge is 0.270 e. The van der Waals surface area contributed by atoms with E-state index in [0.29, 0.717) is 17.6 Å². The van der Waals surface area contributed by atoms with Crippen molar-refractivity contribution in [3.63, 3.8) is 0 Å². The molecule has 0 unspecified atom stereocenters. The van der Waals surface area contributed by atoms with E-state index in [9.17, 15) is 19.7 Å². The lowest BCUT2D eigenvalue weighted by molar-refractivity contribution is -0.384. The Labute approximate surface area is 108 Å². The Hall–Kier alpha value is -2.56. The van der Waals surface area contributed by atoms with Crippen molar-refractivity contribution in [3.05, 3.63) is 57.2 Å². The van der Waals surface area contributed by atoms with Crippen molar-refractivity contribution in [2.24, 2.45) is 0 Å². The van der Waals surface area contributed by atoms with Gasteiger partial charge in [-0.3, -0.25) is 19.7 Å². The molecule has 0 fully saturated rings. The first-order chi connectivity index (χ1) is 9.09. The first-order valence-corrected chi connectivity index (χ1v) is 5.87. The van der Waals surface area contributed by atoms with Crippen LogP contribution in [0.3, 0.4) is 0 Å². The van der Waals surface area contributed by atoms with Gasteiger partial charge in [-0.15, -0.1) is 0 Å². The summed E-state index contributed by atoms with van der Waals surface area (Å²) in [5.74, 6) is -1.23. The number of carbonyl (C=O) groups is 2. The second-order valence-electron chi connectivity index (χ2n) is 4.48. The Morgan fingerprint density at radius 2 is 1.89 bits per heavy atom. The van der Waals surface area contributed by atoms with E-state index in [1.807, 2.05) is 6.08 Å². The second-order valence-corrected chi connectivity index (χ2v) is 4.48. The van der Waals surface area contributed by atoms with E-state index in [4.69, 9.17) is 0 Å². The van der Waals surface area contributed by atoms with Crippen LogP contribution in [-0.2, 0) is 4.79 Å². The van der Waals surface area contributed by atoms with Crippen LogP contribution in [0.4, 0.5) is 5.69 Å². The molecule has 0 amide bonds. The van der Waals surface area contributed by atoms with Gasteiger partial charge in [0.2, 0.25) is 11.6 Å². The molecule has 19 heavy (non-hydrogen) atoms. The molecule has 0 atom stereocenters. The van der Waals surface area contributed by atoms with Crippen LogP contribution >= 0.6 is 0 Å². The largest absolute Gasteiger partial charge is 0.285 e. The molecule has 0 spiro atoms. The molecule has 0 radical (unpaired) electrons. The molecule has 1 aromatic carbocycles. The molecule has 1 aromatic rings. The Bertz CT molecular complexity index is 697. The van der Waals surface area contributed by atoms with Crippen molar-refractivity contribution in [2.75, 3.05) is 0 Å². The summed E-state index contributed by atoms with van der Waals surface area (Å²) in [6.45, 7) is 0. The molecule has 3 rings (SSSR count). The lowest BCUT2D eigenvalue weighted by Gasteiger charge is -2.21. The van der Waals surface area contributed by atoms with E-state index in [1.54, 1.807) is 12.1 Å². The second kappa shape index (κ2) is 3.98. The van der Waals surface area contributed by atoms with Crippen molar-refractivity contribution in [3.8, 4) is 0 Å². The molecule has 0 saturated carbocycles. The van der Waals surface area contributed by atoms with E-state index in [1.165, 1.54) is 12.1 Å². The van der Waals surface area contributed by atoms with Crippen LogP contribution in [0.1, 0.15) is 28.8 Å². The third kappa shape index (κ3) is 1.62. The fourth-order valence-electron chi connectivity index (χ4n) is 2.50. The fraction of sp³-hybridized carbons (Fsp3) is 0.143. The molecule has 0 N–H and O–H groups in total. The number of benzene rings is 1. The number of nitro benzene ring substituents is 1. The molecule has 2 aliphatic carbocycles. The highest BCUT2D eigenvalue weighted by Crippen LogP contribution is 2.37. The van der Waals surface area contributed by atoms with Gasteiger partial charge < -0.3 is 0 Å². The lowest BCUT2D eigenvalue weighted by Crippen LogP contribution is -2.24. The van der Waals surface area contributed by atoms with Crippen molar-refractivity contribution in [1.29, 1.82) is 0 Å². The van der Waals surface area contributed by atoms with Gasteiger partial charge in [0.1, 0.15) is 0 Å². The van der Waals surface area contributed by atoms with Crippen LogP contribution in [0.5, 0.6) is 0 Å². The van der Waals surface area contributed by atoms with E-state index >= 15 is 0 Å². The first-order valence-electron chi connectivity index (χ1n) is 5.87. The molecule has 0 heterocycles. The minimum atomic E-state index is -0.663. The molecular weight excluding hydrogens is 246 g/mol. The molecule has 2 aliphatic rings. The van der Waals surface area contributed by atoms with Crippen LogP contribution in [-0.4, -0.2) is 16.5 Å². The Morgan fingerprint density at radius 1 is 1.11 bits per heavy atom. The fourth-order valence-corrected chi connectivity index (χ4v) is 2.50. The number of rotatable bonds is 1. The van der Waals surface area contributed by atoms with Gasteiger partial charge in [-0.05, 0) is 30.0 Å². The summed E-state index contributed by atoms with van der Waals surface area (Å²) < 4.78 is 0. The van der Waals surface area contributed by atoms with Gasteiger partial charge in [0.15, 0.2) is 0 Å². The zero-order valence-electron chi connectivity index (χ0n) is 9.88. The third-order valence-electron chi connectivity index (χ3n) is 3.41. The van der Waals surface area contributed by atoms with E-state index in [-0.39, 0.29) is 11.3 Å². The molecule has 0 aromatic heterocycles. The number of allylic oxidation sites excluding steroid dienone is 4. The quantitative estimate of drug-likeness (QED) is 0.438. The minimum absolute atomic E-state index is 0.147. The maximum absolute atomic E-state index is 12.0. The van der Waals surface area contributed by atoms with Gasteiger partial charge in [0.05, 0.1) is 4.92 Å². The highest BCUT2D eigenvalue weighted by molar-refractivity contribution is 6.53. The summed E-state index contributed by atoms with van der Waals surface area (Å²) in [5.41, 5.74) is 1.87. The molecule has 5 heteroatoms. The lowest BCUT2D eigenvalue weighted by atomic mass is 9.79. The summed E-state index contributed by atoms with van der Waals surface area (Å²) in [6, 6.07) is 4.12. The van der Waals surface area contributed by atoms with Crippen molar-refractivity contribution in [2.45, 2.75) is 12.8 Å². The summed E-state index contributed by atoms with van der Waals surface area (Å²) in [5, 5.41) is 10.7. The number of nitro groups is 1. The number of hydrogen-bond acceptors (Lipinski definition) is 4. The number of carbonyl (C=O) groups excluding carboxylic acids is 2. The van der Waals surface area contributed by atoms with Crippen molar-refractivity contribution in [1.82, 2.24) is 0 Å². The Balaban J connectivity index is 2.26. The van der Waals surface area contributed by atoms with Gasteiger partial charge in [-0.2, -0.15) is 0 Å². The van der Waals surface area contributed by atoms with Gasteiger partial charge in [-0.1, -0.05) is 12.2 Å². The molecule has 0 saturated heterocycles. The number of hydrogen-bond donors (Lipinski definition) is 0. The Kier molecular flexibility index (Phi) is 2.41. The molecule has 0 aliphatic heterocycles. The first kappa shape index (κ1) is 11.5. The molecular formula is C14H9NO4. The van der Waals surface area contributed by atoms with Crippen LogP contribution in [0.2, 0.25) is 0 Å². The summed E-state index contributed by atoms with van der Waals surface area (Å²) in [7, 11) is 0. The minimum Gasteiger partial charge on any atom is -0.285 e. The number of non-ortho nitro benzene ring substituents is 1. The Morgan fingerprint density at radius 3 is 2.63 bits per heavy atom. The zero-order chi connectivity index (χ0) is 13.6. The average Bonchev–Trinajstić information content (AvgIpc) is 2.44.